The van der Waals surface area contributed by atoms with Gasteiger partial charge in [-0.2, -0.15) is 13.5 Å². The predicted octanol–water partition coefficient (Wildman–Crippen LogP) is 1.60. The van der Waals surface area contributed by atoms with E-state index in [-0.39, 0.29) is 16.1 Å². The molecule has 0 saturated carbocycles. The van der Waals surface area contributed by atoms with Crippen molar-refractivity contribution >= 4 is 28.0 Å². The van der Waals surface area contributed by atoms with Crippen molar-refractivity contribution in [3.05, 3.63) is 69.5 Å². The van der Waals surface area contributed by atoms with E-state index < -0.39 is 26.8 Å². The molecule has 0 fully saturated rings. The number of halogens is 1. The molecule has 27 heavy (non-hydrogen) atoms. The second-order valence-electron chi connectivity index (χ2n) is 5.15. The molecule has 0 saturated heterocycles. The number of benzene rings is 2. The Labute approximate surface area is 153 Å². The van der Waals surface area contributed by atoms with E-state index in [1.807, 2.05) is 5.48 Å². The number of aryl methyl sites for hydroxylation is 1. The van der Waals surface area contributed by atoms with Gasteiger partial charge in [0, 0.05) is 17.7 Å². The van der Waals surface area contributed by atoms with Crippen LogP contribution in [0, 0.1) is 22.9 Å². The largest absolute Gasteiger partial charge is 0.367 e. The molecule has 0 spiro atoms. The Balaban J connectivity index is 2.04. The predicted molar refractivity (Wildman–Crippen MR) is 94.9 cm³/mol. The fraction of sp³-hybridized carbons (Fsp3) is 0.0667. The summed E-state index contributed by atoms with van der Waals surface area (Å²) in [7, 11) is -4.13. The molecule has 0 aliphatic heterocycles. The number of nitro benzene ring substituents is 1. The number of rotatable bonds is 6. The Morgan fingerprint density at radius 2 is 1.96 bits per heavy atom. The van der Waals surface area contributed by atoms with E-state index >= 15 is 0 Å². The lowest BCUT2D eigenvalue weighted by Gasteiger charge is -2.06. The van der Waals surface area contributed by atoms with Gasteiger partial charge in [-0.1, -0.05) is 17.7 Å². The van der Waals surface area contributed by atoms with Crippen molar-refractivity contribution in [2.45, 2.75) is 11.8 Å². The zero-order chi connectivity index (χ0) is 20.0. The first-order valence-corrected chi connectivity index (χ1v) is 8.66. The van der Waals surface area contributed by atoms with E-state index in [9.17, 15) is 22.9 Å². The van der Waals surface area contributed by atoms with Gasteiger partial charge in [0.2, 0.25) is 5.96 Å². The highest BCUT2D eigenvalue weighted by molar-refractivity contribution is 7.86. The second-order valence-corrected chi connectivity index (χ2v) is 6.69. The van der Waals surface area contributed by atoms with Crippen LogP contribution >= 0.6 is 0 Å². The van der Waals surface area contributed by atoms with E-state index in [0.717, 1.165) is 30.0 Å². The molecule has 0 bridgehead atoms. The Morgan fingerprint density at radius 3 is 2.59 bits per heavy atom. The summed E-state index contributed by atoms with van der Waals surface area (Å²) in [5, 5.41) is 17.5. The topological polar surface area (TPSA) is 149 Å². The Morgan fingerprint density at radius 1 is 1.30 bits per heavy atom. The molecule has 0 aliphatic carbocycles. The molecule has 0 aromatic heterocycles. The monoisotopic (exact) mass is 395 g/mol. The first kappa shape index (κ1) is 19.9. The number of nitro groups is 1. The standard InChI is InChI=1S/C15H14FN5O5S/c1-10-2-5-13(6-3-10)27(24,25)26-20-15(17)19-18-9-11-8-12(21(22)23)4-7-14(11)16/h2-9H,1H3,(H3,17,19,20). The van der Waals surface area contributed by atoms with Crippen molar-refractivity contribution in [1.82, 2.24) is 5.48 Å². The fourth-order valence-corrected chi connectivity index (χ4v) is 2.53. The number of nitrogens with two attached hydrogens (primary N) is 1. The molecule has 0 amide bonds. The van der Waals surface area contributed by atoms with Crippen LogP contribution in [0.5, 0.6) is 0 Å². The van der Waals surface area contributed by atoms with Gasteiger partial charge >= 0.3 is 10.1 Å². The maximum atomic E-state index is 13.6. The number of hydroxylamine groups is 1. The van der Waals surface area contributed by atoms with Crippen LogP contribution in [0.25, 0.3) is 0 Å². The summed E-state index contributed by atoms with van der Waals surface area (Å²) in [5.74, 6) is -1.29. The van der Waals surface area contributed by atoms with Gasteiger partial charge < -0.3 is 5.73 Å². The molecule has 0 atom stereocenters. The molecular weight excluding hydrogens is 381 g/mol. The molecule has 2 aromatic rings. The normalized spacial score (nSPS) is 12.3. The first-order chi connectivity index (χ1) is 12.7. The molecule has 10 nitrogen and oxygen atoms in total. The van der Waals surface area contributed by atoms with Crippen LogP contribution in [0.15, 0.2) is 57.6 Å². The summed E-state index contributed by atoms with van der Waals surface area (Å²) in [5.41, 5.74) is 7.62. The van der Waals surface area contributed by atoms with Gasteiger partial charge in [0.25, 0.3) is 5.69 Å². The molecule has 2 aromatic carbocycles. The van der Waals surface area contributed by atoms with Crippen LogP contribution in [-0.4, -0.2) is 25.5 Å². The third kappa shape index (κ3) is 5.55. The SMILES string of the molecule is Cc1ccc(S(=O)(=O)ONC(N)=NN=Cc2cc([N+](=O)[O-])ccc2F)cc1. The van der Waals surface area contributed by atoms with Crippen LogP contribution < -0.4 is 11.2 Å². The zero-order valence-corrected chi connectivity index (χ0v) is 14.7. The Bertz CT molecular complexity index is 1010. The summed E-state index contributed by atoms with van der Waals surface area (Å²) in [6.07, 6.45) is 0.880. The smallest absolute Gasteiger partial charge is 0.317 e. The minimum Gasteiger partial charge on any atom is -0.367 e. The van der Waals surface area contributed by atoms with Gasteiger partial charge in [-0.3, -0.25) is 10.1 Å². The van der Waals surface area contributed by atoms with E-state index in [4.69, 9.17) is 5.73 Å². The van der Waals surface area contributed by atoms with Crippen molar-refractivity contribution < 1.29 is 22.0 Å². The van der Waals surface area contributed by atoms with E-state index in [0.29, 0.717) is 0 Å². The van der Waals surface area contributed by atoms with E-state index in [1.54, 1.807) is 19.1 Å². The Hall–Kier alpha value is -3.38. The van der Waals surface area contributed by atoms with Crippen molar-refractivity contribution in [3.63, 3.8) is 0 Å². The maximum Gasteiger partial charge on any atom is 0.317 e. The van der Waals surface area contributed by atoms with Crippen molar-refractivity contribution in [1.29, 1.82) is 0 Å². The van der Waals surface area contributed by atoms with Crippen LogP contribution in [0.2, 0.25) is 0 Å². The third-order valence-electron chi connectivity index (χ3n) is 3.12. The lowest BCUT2D eigenvalue weighted by Crippen LogP contribution is -2.33. The summed E-state index contributed by atoms with van der Waals surface area (Å²) < 4.78 is 42.0. The first-order valence-electron chi connectivity index (χ1n) is 7.25. The molecule has 2 rings (SSSR count). The number of nitrogens with one attached hydrogen (secondary N) is 1. The molecule has 0 heterocycles. The van der Waals surface area contributed by atoms with E-state index in [2.05, 4.69) is 14.5 Å². The number of hydrogen-bond acceptors (Lipinski definition) is 7. The molecule has 142 valence electrons. The van der Waals surface area contributed by atoms with Crippen molar-refractivity contribution in [3.8, 4) is 0 Å². The number of nitrogens with zero attached hydrogens (tertiary/aromatic N) is 3. The zero-order valence-electron chi connectivity index (χ0n) is 13.9. The average Bonchev–Trinajstić information content (AvgIpc) is 2.62. The summed E-state index contributed by atoms with van der Waals surface area (Å²) in [6, 6.07) is 8.73. The van der Waals surface area contributed by atoms with Crippen LogP contribution in [0.4, 0.5) is 10.1 Å². The highest BCUT2D eigenvalue weighted by atomic mass is 32.2. The third-order valence-corrected chi connectivity index (χ3v) is 4.27. The second kappa shape index (κ2) is 8.33. The minimum absolute atomic E-state index is 0.101. The maximum absolute atomic E-state index is 13.6. The summed E-state index contributed by atoms with van der Waals surface area (Å²) in [6.45, 7) is 1.79. The molecule has 0 aliphatic rings. The lowest BCUT2D eigenvalue weighted by molar-refractivity contribution is -0.384. The average molecular weight is 395 g/mol. The molecule has 12 heteroatoms. The van der Waals surface area contributed by atoms with Gasteiger partial charge in [0.15, 0.2) is 0 Å². The van der Waals surface area contributed by atoms with Gasteiger partial charge in [0.05, 0.1) is 16.0 Å². The number of hydrogen-bond donors (Lipinski definition) is 2. The summed E-state index contributed by atoms with van der Waals surface area (Å²) in [4.78, 5) is 9.87. The molecule has 0 unspecified atom stereocenters. The number of guanidine groups is 1. The number of non-ortho nitro benzene ring substituents is 1. The highest BCUT2D eigenvalue weighted by Gasteiger charge is 2.15. The van der Waals surface area contributed by atoms with Gasteiger partial charge in [-0.25, -0.2) is 9.87 Å². The molecule has 3 N–H and O–H groups in total. The van der Waals surface area contributed by atoms with Gasteiger partial charge in [-0.15, -0.1) is 9.39 Å². The van der Waals surface area contributed by atoms with Crippen LogP contribution in [0.3, 0.4) is 0 Å². The van der Waals surface area contributed by atoms with E-state index in [1.165, 1.54) is 12.1 Å². The van der Waals surface area contributed by atoms with Gasteiger partial charge in [0.1, 0.15) is 5.82 Å². The minimum atomic E-state index is -4.13. The summed E-state index contributed by atoms with van der Waals surface area (Å²) >= 11 is 0. The molecular formula is C15H14FN5O5S. The Kier molecular flexibility index (Phi) is 6.15. The highest BCUT2D eigenvalue weighted by Crippen LogP contribution is 2.15. The van der Waals surface area contributed by atoms with Crippen molar-refractivity contribution in [2.75, 3.05) is 0 Å². The van der Waals surface area contributed by atoms with Crippen LogP contribution in [-0.2, 0) is 14.4 Å². The van der Waals surface area contributed by atoms with Crippen molar-refractivity contribution in [2.24, 2.45) is 15.9 Å². The van der Waals surface area contributed by atoms with Crippen LogP contribution in [0.1, 0.15) is 11.1 Å². The molecule has 0 radical (unpaired) electrons. The quantitative estimate of drug-likeness (QED) is 0.326. The lowest BCUT2D eigenvalue weighted by atomic mass is 10.2. The fourth-order valence-electron chi connectivity index (χ4n) is 1.77. The van der Waals surface area contributed by atoms with Gasteiger partial charge in [-0.05, 0) is 25.1 Å².